The van der Waals surface area contributed by atoms with Crippen molar-refractivity contribution in [3.05, 3.63) is 0 Å². The molecule has 1 aliphatic heterocycles. The minimum Gasteiger partial charge on any atom is -0.465 e. The molecular formula is C23H34O4. The Kier molecular flexibility index (Phi) is 3.98. The van der Waals surface area contributed by atoms with Gasteiger partial charge in [0, 0.05) is 12.8 Å². The summed E-state index contributed by atoms with van der Waals surface area (Å²) >= 11 is 0. The molecule has 11 unspecified atom stereocenters. The van der Waals surface area contributed by atoms with Crippen molar-refractivity contribution in [2.24, 2.45) is 59.2 Å². The van der Waals surface area contributed by atoms with Crippen molar-refractivity contribution in [2.45, 2.75) is 65.4 Å². The number of carbonyl (C=O) groups excluding carboxylic acids is 2. The van der Waals surface area contributed by atoms with E-state index in [1.54, 1.807) is 0 Å². The van der Waals surface area contributed by atoms with Crippen molar-refractivity contribution >= 4 is 11.9 Å². The van der Waals surface area contributed by atoms with Gasteiger partial charge in [0.25, 0.3) is 0 Å². The molecule has 1 heterocycles. The second-order valence-corrected chi connectivity index (χ2v) is 10.3. The lowest BCUT2D eigenvalue weighted by Gasteiger charge is -2.50. The molecule has 27 heavy (non-hydrogen) atoms. The Balaban J connectivity index is 1.50. The van der Waals surface area contributed by atoms with E-state index in [-0.39, 0.29) is 17.9 Å². The number of hydrogen-bond acceptors (Lipinski definition) is 4. The van der Waals surface area contributed by atoms with Crippen molar-refractivity contribution in [2.75, 3.05) is 6.61 Å². The molecule has 5 fully saturated rings. The van der Waals surface area contributed by atoms with Gasteiger partial charge in [-0.05, 0) is 79.4 Å². The van der Waals surface area contributed by atoms with E-state index >= 15 is 0 Å². The van der Waals surface area contributed by atoms with Crippen molar-refractivity contribution in [1.82, 2.24) is 0 Å². The zero-order valence-electron chi connectivity index (χ0n) is 17.1. The maximum absolute atomic E-state index is 12.6. The summed E-state index contributed by atoms with van der Waals surface area (Å²) in [6.07, 6.45) is 5.26. The number of carbonyl (C=O) groups is 2. The fourth-order valence-electron chi connectivity index (χ4n) is 8.98. The van der Waals surface area contributed by atoms with Gasteiger partial charge in [-0.15, -0.1) is 0 Å². The predicted molar refractivity (Wildman–Crippen MR) is 100 cm³/mol. The van der Waals surface area contributed by atoms with Gasteiger partial charge in [-0.1, -0.05) is 20.8 Å². The highest BCUT2D eigenvalue weighted by Crippen LogP contribution is 2.73. The molecule has 0 N–H and O–H groups in total. The molecule has 0 aromatic heterocycles. The molecule has 4 bridgehead atoms. The van der Waals surface area contributed by atoms with Crippen LogP contribution in [-0.4, -0.2) is 24.1 Å². The van der Waals surface area contributed by atoms with E-state index < -0.39 is 5.60 Å². The lowest BCUT2D eigenvalue weighted by atomic mass is 9.57. The smallest absolute Gasteiger partial charge is 0.313 e. The molecule has 4 nitrogen and oxygen atoms in total. The number of fused-ring (bicyclic) bond motifs is 9. The molecular weight excluding hydrogens is 340 g/mol. The van der Waals surface area contributed by atoms with Crippen molar-refractivity contribution < 1.29 is 19.1 Å². The molecule has 4 saturated carbocycles. The molecule has 150 valence electrons. The highest BCUT2D eigenvalue weighted by atomic mass is 16.6. The Morgan fingerprint density at radius 3 is 2.41 bits per heavy atom. The second kappa shape index (κ2) is 5.97. The summed E-state index contributed by atoms with van der Waals surface area (Å²) < 4.78 is 11.4. The maximum atomic E-state index is 12.6. The first-order chi connectivity index (χ1) is 12.9. The summed E-state index contributed by atoms with van der Waals surface area (Å²) in [7, 11) is 0. The van der Waals surface area contributed by atoms with E-state index in [0.717, 1.165) is 54.3 Å². The molecule has 4 aliphatic carbocycles. The Bertz CT molecular complexity index is 659. The zero-order valence-corrected chi connectivity index (χ0v) is 17.1. The minimum atomic E-state index is -0.652. The van der Waals surface area contributed by atoms with Crippen LogP contribution in [0.2, 0.25) is 0 Å². The van der Waals surface area contributed by atoms with Gasteiger partial charge in [-0.25, -0.2) is 0 Å². The molecule has 0 radical (unpaired) electrons. The van der Waals surface area contributed by atoms with Crippen molar-refractivity contribution in [3.8, 4) is 0 Å². The summed E-state index contributed by atoms with van der Waals surface area (Å²) in [5, 5.41) is 0. The third-order valence-corrected chi connectivity index (χ3v) is 9.88. The highest BCUT2D eigenvalue weighted by molar-refractivity contribution is 5.77. The molecule has 0 aromatic carbocycles. The average Bonchev–Trinajstić information content (AvgIpc) is 3.40. The van der Waals surface area contributed by atoms with Crippen LogP contribution in [0.4, 0.5) is 0 Å². The average molecular weight is 375 g/mol. The molecule has 0 aromatic rings. The van der Waals surface area contributed by atoms with Gasteiger partial charge in [0.05, 0.1) is 6.61 Å². The van der Waals surface area contributed by atoms with Gasteiger partial charge in [-0.3, -0.25) is 9.59 Å². The van der Waals surface area contributed by atoms with Crippen LogP contribution in [0.3, 0.4) is 0 Å². The molecule has 1 saturated heterocycles. The third-order valence-electron chi connectivity index (χ3n) is 9.88. The summed E-state index contributed by atoms with van der Waals surface area (Å²) in [6.45, 7) is 9.00. The lowest BCUT2D eigenvalue weighted by Crippen LogP contribution is -2.54. The number of rotatable bonds is 4. The zero-order chi connectivity index (χ0) is 19.1. The largest absolute Gasteiger partial charge is 0.465 e. The SMILES string of the molecule is CCC(OC(C)=O)(C1CCOC1=O)C1CC2CC1C1C3CC(C(C)C3C)C21. The normalized spacial score (nSPS) is 51.9. The molecule has 5 aliphatic rings. The summed E-state index contributed by atoms with van der Waals surface area (Å²) in [6, 6.07) is 0. The predicted octanol–water partition coefficient (Wildman–Crippen LogP) is 4.07. The van der Waals surface area contributed by atoms with Crippen LogP contribution < -0.4 is 0 Å². The second-order valence-electron chi connectivity index (χ2n) is 10.3. The summed E-state index contributed by atoms with van der Waals surface area (Å²) in [4.78, 5) is 24.7. The summed E-state index contributed by atoms with van der Waals surface area (Å²) in [5.41, 5.74) is -0.652. The summed E-state index contributed by atoms with van der Waals surface area (Å²) in [5.74, 6) is 6.18. The Hall–Kier alpha value is -1.06. The van der Waals surface area contributed by atoms with Gasteiger partial charge >= 0.3 is 11.9 Å². The van der Waals surface area contributed by atoms with Crippen LogP contribution in [0.1, 0.15) is 59.8 Å². The van der Waals surface area contributed by atoms with Gasteiger partial charge < -0.3 is 9.47 Å². The maximum Gasteiger partial charge on any atom is 0.313 e. The first kappa shape index (κ1) is 18.0. The van der Waals surface area contributed by atoms with Crippen LogP contribution in [0.25, 0.3) is 0 Å². The van der Waals surface area contributed by atoms with E-state index in [1.807, 2.05) is 0 Å². The monoisotopic (exact) mass is 374 g/mol. The highest BCUT2D eigenvalue weighted by Gasteiger charge is 2.69. The number of cyclic esters (lactones) is 1. The first-order valence-electron chi connectivity index (χ1n) is 11.2. The van der Waals surface area contributed by atoms with E-state index in [9.17, 15) is 9.59 Å². The number of esters is 2. The van der Waals surface area contributed by atoms with Crippen molar-refractivity contribution in [3.63, 3.8) is 0 Å². The Morgan fingerprint density at radius 1 is 1.11 bits per heavy atom. The number of hydrogen-bond donors (Lipinski definition) is 0. The van der Waals surface area contributed by atoms with Gasteiger partial charge in [0.15, 0.2) is 0 Å². The van der Waals surface area contributed by atoms with Crippen LogP contribution in [0, 0.1) is 59.2 Å². The first-order valence-corrected chi connectivity index (χ1v) is 11.2. The van der Waals surface area contributed by atoms with Crippen LogP contribution in [-0.2, 0) is 19.1 Å². The number of ether oxygens (including phenoxy) is 2. The van der Waals surface area contributed by atoms with Crippen LogP contribution >= 0.6 is 0 Å². The fraction of sp³-hybridized carbons (Fsp3) is 0.913. The third kappa shape index (κ3) is 2.22. The van der Waals surface area contributed by atoms with Crippen LogP contribution in [0.5, 0.6) is 0 Å². The standard InChI is InChI=1S/C23H34O4/c1-5-23(27-13(4)24,18-6-7-26-22(18)25)19-9-14-8-17(19)21-16-10-15(20(14)21)11(2)12(16)3/h11-12,14-21H,5-10H2,1-4H3. The van der Waals surface area contributed by atoms with Crippen LogP contribution in [0.15, 0.2) is 0 Å². The van der Waals surface area contributed by atoms with E-state index in [2.05, 4.69) is 20.8 Å². The van der Waals surface area contributed by atoms with E-state index in [4.69, 9.17) is 9.47 Å². The Morgan fingerprint density at radius 2 is 1.81 bits per heavy atom. The van der Waals surface area contributed by atoms with E-state index in [0.29, 0.717) is 24.9 Å². The van der Waals surface area contributed by atoms with Gasteiger partial charge in [0.2, 0.25) is 0 Å². The van der Waals surface area contributed by atoms with Gasteiger partial charge in [-0.2, -0.15) is 0 Å². The molecule has 11 atom stereocenters. The minimum absolute atomic E-state index is 0.146. The van der Waals surface area contributed by atoms with Gasteiger partial charge in [0.1, 0.15) is 11.5 Å². The lowest BCUT2D eigenvalue weighted by molar-refractivity contribution is -0.185. The molecule has 4 heteroatoms. The Labute approximate surface area is 162 Å². The molecule has 0 spiro atoms. The topological polar surface area (TPSA) is 52.6 Å². The fourth-order valence-corrected chi connectivity index (χ4v) is 8.98. The molecule has 5 rings (SSSR count). The quantitative estimate of drug-likeness (QED) is 0.550. The molecule has 0 amide bonds. The van der Waals surface area contributed by atoms with E-state index in [1.165, 1.54) is 19.8 Å². The van der Waals surface area contributed by atoms with Crippen molar-refractivity contribution in [1.29, 1.82) is 0 Å².